The summed E-state index contributed by atoms with van der Waals surface area (Å²) in [6, 6.07) is 0.352. The smallest absolute Gasteiger partial charge is 0.225 e. The van der Waals surface area contributed by atoms with Gasteiger partial charge in [-0.1, -0.05) is 26.7 Å². The van der Waals surface area contributed by atoms with Crippen LogP contribution in [0.5, 0.6) is 0 Å². The minimum atomic E-state index is 0.352. The molecule has 0 amide bonds. The molecular weight excluding hydrogens is 256 g/mol. The monoisotopic (exact) mass is 282 g/mol. The number of H-pyrrole nitrogens is 1. The lowest BCUT2D eigenvalue weighted by Crippen LogP contribution is -2.41. The quantitative estimate of drug-likeness (QED) is 0.850. The largest absolute Gasteiger partial charge is 0.341 e. The second kappa shape index (κ2) is 5.65. The van der Waals surface area contributed by atoms with E-state index in [1.807, 2.05) is 0 Å². The Kier molecular flexibility index (Phi) is 4.33. The molecule has 0 spiro atoms. The van der Waals surface area contributed by atoms with Gasteiger partial charge in [-0.3, -0.25) is 4.57 Å². The van der Waals surface area contributed by atoms with E-state index < -0.39 is 0 Å². The van der Waals surface area contributed by atoms with E-state index in [1.54, 1.807) is 0 Å². The molecule has 0 radical (unpaired) electrons. The number of anilines is 1. The minimum Gasteiger partial charge on any atom is -0.341 e. The summed E-state index contributed by atoms with van der Waals surface area (Å²) in [5.41, 5.74) is 0.548. The van der Waals surface area contributed by atoms with Crippen molar-refractivity contribution in [3.63, 3.8) is 0 Å². The molecule has 1 aliphatic rings. The van der Waals surface area contributed by atoms with Crippen LogP contribution in [0.3, 0.4) is 0 Å². The zero-order valence-electron chi connectivity index (χ0n) is 12.6. The fraction of sp³-hybridized carbons (Fsp3) is 0.857. The Labute approximate surface area is 121 Å². The van der Waals surface area contributed by atoms with Crippen molar-refractivity contribution in [2.24, 2.45) is 5.41 Å². The van der Waals surface area contributed by atoms with E-state index in [9.17, 15) is 0 Å². The normalized spacial score (nSPS) is 19.1. The Balaban J connectivity index is 2.16. The lowest BCUT2D eigenvalue weighted by atomic mass is 9.74. The van der Waals surface area contributed by atoms with E-state index in [-0.39, 0.29) is 0 Å². The lowest BCUT2D eigenvalue weighted by molar-refractivity contribution is 0.198. The lowest BCUT2D eigenvalue weighted by Gasteiger charge is -2.41. The number of piperidine rings is 1. The molecule has 1 saturated heterocycles. The average Bonchev–Trinajstić information content (AvgIpc) is 2.81. The van der Waals surface area contributed by atoms with Gasteiger partial charge in [0.05, 0.1) is 0 Å². The van der Waals surface area contributed by atoms with Gasteiger partial charge in [-0.15, -0.1) is 5.10 Å². The highest BCUT2D eigenvalue weighted by atomic mass is 32.1. The average molecular weight is 282 g/mol. The van der Waals surface area contributed by atoms with Crippen LogP contribution in [-0.2, 0) is 0 Å². The molecule has 1 N–H and O–H groups in total. The summed E-state index contributed by atoms with van der Waals surface area (Å²) in [5, 5.41) is 7.37. The third-order valence-electron chi connectivity index (χ3n) is 4.81. The number of hydrogen-bond acceptors (Lipinski definition) is 3. The summed E-state index contributed by atoms with van der Waals surface area (Å²) < 4.78 is 2.85. The zero-order valence-corrected chi connectivity index (χ0v) is 13.4. The SMILES string of the molecule is CCC1(CC)CCN(c2n[nH]c(=S)n2C(C)C)CC1. The second-order valence-corrected chi connectivity index (χ2v) is 6.37. The third-order valence-corrected chi connectivity index (χ3v) is 5.10. The van der Waals surface area contributed by atoms with E-state index in [0.717, 1.165) is 23.8 Å². The Morgan fingerprint density at radius 2 is 1.84 bits per heavy atom. The van der Waals surface area contributed by atoms with Crippen LogP contribution in [-0.4, -0.2) is 27.9 Å². The van der Waals surface area contributed by atoms with Crippen LogP contribution >= 0.6 is 12.2 Å². The second-order valence-electron chi connectivity index (χ2n) is 5.99. The molecule has 1 aromatic heterocycles. The van der Waals surface area contributed by atoms with Gasteiger partial charge in [0.1, 0.15) is 0 Å². The highest BCUT2D eigenvalue weighted by molar-refractivity contribution is 7.71. The molecule has 108 valence electrons. The van der Waals surface area contributed by atoms with Crippen LogP contribution in [0.25, 0.3) is 0 Å². The van der Waals surface area contributed by atoms with Gasteiger partial charge in [-0.05, 0) is 44.3 Å². The molecular formula is C14H26N4S. The fourth-order valence-corrected chi connectivity index (χ4v) is 3.46. The maximum atomic E-state index is 5.33. The first kappa shape index (κ1) is 14.6. The van der Waals surface area contributed by atoms with Gasteiger partial charge in [0.15, 0.2) is 4.77 Å². The third kappa shape index (κ3) is 2.71. The Bertz CT molecular complexity index is 460. The standard InChI is InChI=1S/C14H26N4S/c1-5-14(6-2)7-9-17(10-8-14)12-15-16-13(19)18(12)11(3)4/h11H,5-10H2,1-4H3,(H,16,19). The molecule has 0 aliphatic carbocycles. The number of aromatic amines is 1. The van der Waals surface area contributed by atoms with E-state index >= 15 is 0 Å². The molecule has 0 unspecified atom stereocenters. The zero-order chi connectivity index (χ0) is 14.0. The molecule has 0 aromatic carbocycles. The van der Waals surface area contributed by atoms with Crippen LogP contribution < -0.4 is 4.90 Å². The number of nitrogens with zero attached hydrogens (tertiary/aromatic N) is 3. The van der Waals surface area contributed by atoms with Crippen LogP contribution in [0.15, 0.2) is 0 Å². The minimum absolute atomic E-state index is 0.352. The van der Waals surface area contributed by atoms with Crippen LogP contribution in [0.1, 0.15) is 59.4 Å². The van der Waals surface area contributed by atoms with Crippen molar-refractivity contribution in [3.05, 3.63) is 4.77 Å². The Morgan fingerprint density at radius 3 is 2.32 bits per heavy atom. The van der Waals surface area contributed by atoms with E-state index in [0.29, 0.717) is 11.5 Å². The molecule has 1 aliphatic heterocycles. The van der Waals surface area contributed by atoms with Crippen molar-refractivity contribution in [3.8, 4) is 0 Å². The Morgan fingerprint density at radius 1 is 1.26 bits per heavy atom. The molecule has 19 heavy (non-hydrogen) atoms. The maximum Gasteiger partial charge on any atom is 0.225 e. The summed E-state index contributed by atoms with van der Waals surface area (Å²) in [5.74, 6) is 1.01. The first-order valence-corrected chi connectivity index (χ1v) is 7.85. The summed E-state index contributed by atoms with van der Waals surface area (Å²) in [6.07, 6.45) is 5.10. The summed E-state index contributed by atoms with van der Waals surface area (Å²) >= 11 is 5.33. The highest BCUT2D eigenvalue weighted by Crippen LogP contribution is 2.39. The fourth-order valence-electron chi connectivity index (χ4n) is 3.12. The molecule has 4 nitrogen and oxygen atoms in total. The number of aromatic nitrogens is 3. The van der Waals surface area contributed by atoms with Gasteiger partial charge >= 0.3 is 0 Å². The van der Waals surface area contributed by atoms with Crippen LogP contribution in [0.4, 0.5) is 5.95 Å². The van der Waals surface area contributed by atoms with Crippen molar-refractivity contribution < 1.29 is 0 Å². The molecule has 1 fully saturated rings. The van der Waals surface area contributed by atoms with Crippen LogP contribution in [0, 0.1) is 10.2 Å². The molecule has 0 saturated carbocycles. The van der Waals surface area contributed by atoms with Gasteiger partial charge in [-0.25, -0.2) is 5.10 Å². The molecule has 0 bridgehead atoms. The predicted molar refractivity (Wildman–Crippen MR) is 82.3 cm³/mol. The van der Waals surface area contributed by atoms with E-state index in [2.05, 4.69) is 47.4 Å². The van der Waals surface area contributed by atoms with E-state index in [4.69, 9.17) is 12.2 Å². The predicted octanol–water partition coefficient (Wildman–Crippen LogP) is 3.93. The van der Waals surface area contributed by atoms with Crippen molar-refractivity contribution >= 4 is 18.2 Å². The Hall–Kier alpha value is -0.840. The van der Waals surface area contributed by atoms with Gasteiger partial charge in [-0.2, -0.15) is 0 Å². The van der Waals surface area contributed by atoms with Gasteiger partial charge in [0, 0.05) is 19.1 Å². The molecule has 1 aromatic rings. The highest BCUT2D eigenvalue weighted by Gasteiger charge is 2.32. The van der Waals surface area contributed by atoms with Crippen molar-refractivity contribution in [2.45, 2.75) is 59.4 Å². The molecule has 5 heteroatoms. The van der Waals surface area contributed by atoms with Gasteiger partial charge in [0.2, 0.25) is 5.95 Å². The number of hydrogen-bond donors (Lipinski definition) is 1. The van der Waals surface area contributed by atoms with E-state index in [1.165, 1.54) is 25.7 Å². The summed E-state index contributed by atoms with van der Waals surface area (Å²) in [4.78, 5) is 2.38. The molecule has 2 rings (SSSR count). The summed E-state index contributed by atoms with van der Waals surface area (Å²) in [7, 11) is 0. The van der Waals surface area contributed by atoms with Gasteiger partial charge in [0.25, 0.3) is 0 Å². The van der Waals surface area contributed by atoms with Gasteiger partial charge < -0.3 is 4.90 Å². The first-order chi connectivity index (χ1) is 9.03. The van der Waals surface area contributed by atoms with Crippen molar-refractivity contribution in [1.82, 2.24) is 14.8 Å². The maximum absolute atomic E-state index is 5.33. The topological polar surface area (TPSA) is 36.9 Å². The number of nitrogens with one attached hydrogen (secondary N) is 1. The number of rotatable bonds is 4. The summed E-state index contributed by atoms with van der Waals surface area (Å²) in [6.45, 7) is 11.1. The van der Waals surface area contributed by atoms with Crippen molar-refractivity contribution in [1.29, 1.82) is 0 Å². The molecule has 0 atom stereocenters. The van der Waals surface area contributed by atoms with Crippen LogP contribution in [0.2, 0.25) is 0 Å². The van der Waals surface area contributed by atoms with Crippen molar-refractivity contribution in [2.75, 3.05) is 18.0 Å². The molecule has 2 heterocycles. The first-order valence-electron chi connectivity index (χ1n) is 7.45.